The van der Waals surface area contributed by atoms with Crippen LogP contribution in [0, 0.1) is 0 Å². The van der Waals surface area contributed by atoms with Crippen LogP contribution in [0.2, 0.25) is 0 Å². The number of nitrogens with one attached hydrogen (secondary N) is 1. The zero-order chi connectivity index (χ0) is 20.7. The second-order valence-corrected chi connectivity index (χ2v) is 9.03. The van der Waals surface area contributed by atoms with Gasteiger partial charge >= 0.3 is 0 Å². The fourth-order valence-corrected chi connectivity index (χ4v) is 4.74. The zero-order valence-electron chi connectivity index (χ0n) is 16.6. The van der Waals surface area contributed by atoms with Crippen molar-refractivity contribution in [2.24, 2.45) is 0 Å². The Kier molecular flexibility index (Phi) is 7.29. The van der Waals surface area contributed by atoms with Gasteiger partial charge in [-0.2, -0.15) is 4.31 Å². The number of hydrogen-bond acceptors (Lipinski definition) is 7. The average molecular weight is 422 g/mol. The summed E-state index contributed by atoms with van der Waals surface area (Å²) in [5, 5.41) is 10.3. The molecule has 3 heterocycles. The molecule has 0 aromatic carbocycles. The predicted molar refractivity (Wildman–Crippen MR) is 108 cm³/mol. The van der Waals surface area contributed by atoms with Gasteiger partial charge in [0.15, 0.2) is 0 Å². The third kappa shape index (κ3) is 5.81. The molecule has 1 fully saturated rings. The van der Waals surface area contributed by atoms with E-state index in [0.29, 0.717) is 57.1 Å². The molecule has 1 aliphatic rings. The Morgan fingerprint density at radius 1 is 1.14 bits per heavy atom. The van der Waals surface area contributed by atoms with Crippen LogP contribution in [0.5, 0.6) is 0 Å². The number of aromatic nitrogens is 4. The topological polar surface area (TPSA) is 113 Å². The summed E-state index contributed by atoms with van der Waals surface area (Å²) in [7, 11) is -3.14. The zero-order valence-corrected chi connectivity index (χ0v) is 17.4. The number of pyridine rings is 1. The van der Waals surface area contributed by atoms with E-state index in [1.54, 1.807) is 21.0 Å². The van der Waals surface area contributed by atoms with Crippen molar-refractivity contribution in [3.63, 3.8) is 0 Å². The van der Waals surface area contributed by atoms with Gasteiger partial charge in [-0.15, -0.1) is 10.2 Å². The maximum atomic E-state index is 12.3. The summed E-state index contributed by atoms with van der Waals surface area (Å²) >= 11 is 0. The van der Waals surface area contributed by atoms with Gasteiger partial charge in [-0.25, -0.2) is 13.4 Å². The van der Waals surface area contributed by atoms with Gasteiger partial charge in [0.05, 0.1) is 11.3 Å². The molecule has 0 bridgehead atoms. The smallest absolute Gasteiger partial charge is 0.252 e. The number of carbonyl (C=O) groups is 1. The highest BCUT2D eigenvalue weighted by Crippen LogP contribution is 2.10. The van der Waals surface area contributed by atoms with Crippen molar-refractivity contribution in [2.45, 2.75) is 19.8 Å². The van der Waals surface area contributed by atoms with Crippen LogP contribution in [0.25, 0.3) is 5.82 Å². The van der Waals surface area contributed by atoms with Crippen LogP contribution in [0.15, 0.2) is 31.0 Å². The highest BCUT2D eigenvalue weighted by atomic mass is 32.2. The van der Waals surface area contributed by atoms with E-state index < -0.39 is 10.0 Å². The summed E-state index contributed by atoms with van der Waals surface area (Å²) < 4.78 is 27.7. The summed E-state index contributed by atoms with van der Waals surface area (Å²) in [4.78, 5) is 18.7. The van der Waals surface area contributed by atoms with Gasteiger partial charge in [0.25, 0.3) is 5.91 Å². The third-order valence-electron chi connectivity index (χ3n) is 4.89. The summed E-state index contributed by atoms with van der Waals surface area (Å²) in [6.45, 7) is 5.54. The molecule has 0 saturated carbocycles. The lowest BCUT2D eigenvalue weighted by atomic mass is 10.2. The number of amides is 1. The van der Waals surface area contributed by atoms with Crippen LogP contribution >= 0.6 is 0 Å². The third-order valence-corrected chi connectivity index (χ3v) is 6.84. The standard InChI is InChI=1S/C18H27N7O3S/c1-2-3-12-29(27,28)25-10-8-23(9-11-25)7-6-19-18(26)16-4-5-17(20-13-16)24-14-21-22-15-24/h4-5,13-15H,2-3,6-12H2,1H3,(H,19,26). The Hall–Kier alpha value is -2.37. The molecule has 2 aromatic rings. The molecule has 3 rings (SSSR count). The van der Waals surface area contributed by atoms with Gasteiger partial charge in [-0.05, 0) is 18.6 Å². The van der Waals surface area contributed by atoms with E-state index in [1.165, 1.54) is 18.9 Å². The number of hydrogen-bond donors (Lipinski definition) is 1. The molecule has 1 N–H and O–H groups in total. The number of rotatable bonds is 9. The second kappa shape index (κ2) is 9.90. The van der Waals surface area contributed by atoms with Crippen molar-refractivity contribution < 1.29 is 13.2 Å². The molecule has 158 valence electrons. The average Bonchev–Trinajstić information content (AvgIpc) is 3.28. The van der Waals surface area contributed by atoms with Crippen LogP contribution in [0.1, 0.15) is 30.1 Å². The van der Waals surface area contributed by atoms with Gasteiger partial charge in [-0.3, -0.25) is 14.3 Å². The summed E-state index contributed by atoms with van der Waals surface area (Å²) in [6.07, 6.45) is 6.17. The van der Waals surface area contributed by atoms with Crippen LogP contribution in [0.4, 0.5) is 0 Å². The summed E-state index contributed by atoms with van der Waals surface area (Å²) in [6, 6.07) is 3.44. The largest absolute Gasteiger partial charge is 0.351 e. The SMILES string of the molecule is CCCCS(=O)(=O)N1CCN(CCNC(=O)c2ccc(-n3cnnc3)nc2)CC1. The lowest BCUT2D eigenvalue weighted by Crippen LogP contribution is -2.50. The maximum Gasteiger partial charge on any atom is 0.252 e. The minimum atomic E-state index is -3.14. The number of unbranched alkanes of at least 4 members (excludes halogenated alkanes) is 1. The van der Waals surface area contributed by atoms with Gasteiger partial charge in [0, 0.05) is 45.5 Å². The molecule has 0 radical (unpaired) electrons. The molecule has 0 aliphatic carbocycles. The lowest BCUT2D eigenvalue weighted by molar-refractivity contribution is 0.0944. The van der Waals surface area contributed by atoms with Crippen LogP contribution < -0.4 is 5.32 Å². The fraction of sp³-hybridized carbons (Fsp3) is 0.556. The molecule has 0 atom stereocenters. The van der Waals surface area contributed by atoms with Crippen molar-refractivity contribution in [3.05, 3.63) is 36.5 Å². The highest BCUT2D eigenvalue weighted by molar-refractivity contribution is 7.89. The summed E-state index contributed by atoms with van der Waals surface area (Å²) in [5.74, 6) is 0.677. The summed E-state index contributed by atoms with van der Waals surface area (Å²) in [5.41, 5.74) is 0.480. The van der Waals surface area contributed by atoms with Crippen molar-refractivity contribution in [2.75, 3.05) is 45.0 Å². The molecule has 0 unspecified atom stereocenters. The number of piperazine rings is 1. The first-order chi connectivity index (χ1) is 14.0. The van der Waals surface area contributed by atoms with Gasteiger partial charge in [-0.1, -0.05) is 13.3 Å². The highest BCUT2D eigenvalue weighted by Gasteiger charge is 2.26. The van der Waals surface area contributed by atoms with Crippen molar-refractivity contribution in [3.8, 4) is 5.82 Å². The minimum Gasteiger partial charge on any atom is -0.351 e. The number of sulfonamides is 1. The van der Waals surface area contributed by atoms with E-state index in [9.17, 15) is 13.2 Å². The molecule has 1 saturated heterocycles. The molecule has 1 aliphatic heterocycles. The molecule has 10 nitrogen and oxygen atoms in total. The molecule has 2 aromatic heterocycles. The van der Waals surface area contributed by atoms with Crippen molar-refractivity contribution >= 4 is 15.9 Å². The van der Waals surface area contributed by atoms with E-state index in [4.69, 9.17) is 0 Å². The number of carbonyl (C=O) groups excluding carboxylic acids is 1. The van der Waals surface area contributed by atoms with Gasteiger partial charge in [0.1, 0.15) is 18.5 Å². The number of nitrogens with zero attached hydrogens (tertiary/aromatic N) is 6. The Morgan fingerprint density at radius 2 is 1.86 bits per heavy atom. The first kappa shape index (κ1) is 21.3. The van der Waals surface area contributed by atoms with E-state index in [-0.39, 0.29) is 11.7 Å². The van der Waals surface area contributed by atoms with Crippen LogP contribution in [-0.4, -0.2) is 88.3 Å². The molecular formula is C18H27N7O3S. The Morgan fingerprint density at radius 3 is 2.48 bits per heavy atom. The molecular weight excluding hydrogens is 394 g/mol. The fourth-order valence-electron chi connectivity index (χ4n) is 3.11. The first-order valence-corrected chi connectivity index (χ1v) is 11.4. The molecule has 29 heavy (non-hydrogen) atoms. The molecule has 11 heteroatoms. The van der Waals surface area contributed by atoms with Crippen LogP contribution in [-0.2, 0) is 10.0 Å². The van der Waals surface area contributed by atoms with E-state index >= 15 is 0 Å². The Bertz CT molecular complexity index is 877. The van der Waals surface area contributed by atoms with Gasteiger partial charge in [0.2, 0.25) is 10.0 Å². The van der Waals surface area contributed by atoms with E-state index in [2.05, 4.69) is 25.4 Å². The normalized spacial score (nSPS) is 16.0. The Labute approximate surface area is 171 Å². The second-order valence-electron chi connectivity index (χ2n) is 6.94. The Balaban J connectivity index is 1.40. The van der Waals surface area contributed by atoms with E-state index in [1.807, 2.05) is 6.92 Å². The van der Waals surface area contributed by atoms with Crippen molar-refractivity contribution in [1.82, 2.24) is 34.3 Å². The maximum absolute atomic E-state index is 12.3. The monoisotopic (exact) mass is 421 g/mol. The van der Waals surface area contributed by atoms with E-state index in [0.717, 1.165) is 6.42 Å². The molecule has 1 amide bonds. The quantitative estimate of drug-likeness (QED) is 0.613. The first-order valence-electron chi connectivity index (χ1n) is 9.79. The predicted octanol–water partition coefficient (Wildman–Crippen LogP) is 0.140. The minimum absolute atomic E-state index is 0.186. The molecule has 0 spiro atoms. The lowest BCUT2D eigenvalue weighted by Gasteiger charge is -2.34. The van der Waals surface area contributed by atoms with Gasteiger partial charge < -0.3 is 5.32 Å². The van der Waals surface area contributed by atoms with Crippen molar-refractivity contribution in [1.29, 1.82) is 0 Å². The van der Waals surface area contributed by atoms with Crippen LogP contribution in [0.3, 0.4) is 0 Å².